The van der Waals surface area contributed by atoms with Crippen molar-refractivity contribution >= 4 is 15.9 Å². The van der Waals surface area contributed by atoms with E-state index in [0.29, 0.717) is 6.61 Å². The van der Waals surface area contributed by atoms with Gasteiger partial charge in [0.2, 0.25) is 0 Å². The molecule has 0 aromatic heterocycles. The Morgan fingerprint density at radius 3 is 2.62 bits per heavy atom. The number of ether oxygens (including phenoxy) is 1. The summed E-state index contributed by atoms with van der Waals surface area (Å²) in [5, 5.41) is 3.51. The van der Waals surface area contributed by atoms with Crippen LogP contribution in [0.5, 0.6) is 5.75 Å². The van der Waals surface area contributed by atoms with Crippen LogP contribution in [0.3, 0.4) is 0 Å². The minimum atomic E-state index is 0.281. The number of benzene rings is 2. The molecule has 2 aromatic carbocycles. The van der Waals surface area contributed by atoms with Crippen LogP contribution in [-0.4, -0.2) is 6.54 Å². The van der Waals surface area contributed by atoms with Gasteiger partial charge in [0, 0.05) is 16.1 Å². The normalized spacial score (nSPS) is 12.1. The van der Waals surface area contributed by atoms with Crippen molar-refractivity contribution in [2.24, 2.45) is 0 Å². The van der Waals surface area contributed by atoms with Gasteiger partial charge in [-0.1, -0.05) is 59.3 Å². The second kappa shape index (κ2) is 8.20. The van der Waals surface area contributed by atoms with Crippen molar-refractivity contribution < 1.29 is 4.74 Å². The van der Waals surface area contributed by atoms with Crippen molar-refractivity contribution in [1.82, 2.24) is 5.32 Å². The van der Waals surface area contributed by atoms with E-state index in [4.69, 9.17) is 4.74 Å². The standard InChI is InChI=1S/C18H22BrNO/c1-3-11-20-14(2)17-10-9-16(19)12-18(17)21-13-15-7-5-4-6-8-15/h4-10,12,14,20H,3,11,13H2,1-2H3. The maximum absolute atomic E-state index is 6.04. The number of halogens is 1. The molecule has 1 atom stereocenters. The second-order valence-electron chi connectivity index (χ2n) is 5.13. The van der Waals surface area contributed by atoms with Crippen LogP contribution in [0.25, 0.3) is 0 Å². The molecular weight excluding hydrogens is 326 g/mol. The van der Waals surface area contributed by atoms with E-state index >= 15 is 0 Å². The van der Waals surface area contributed by atoms with Crippen LogP contribution in [0.1, 0.15) is 37.4 Å². The SMILES string of the molecule is CCCNC(C)c1ccc(Br)cc1OCc1ccccc1. The van der Waals surface area contributed by atoms with Crippen molar-refractivity contribution in [2.75, 3.05) is 6.54 Å². The van der Waals surface area contributed by atoms with E-state index in [1.807, 2.05) is 24.3 Å². The van der Waals surface area contributed by atoms with Crippen LogP contribution in [0, 0.1) is 0 Å². The largest absolute Gasteiger partial charge is 0.489 e. The highest BCUT2D eigenvalue weighted by Gasteiger charge is 2.11. The molecule has 0 saturated carbocycles. The van der Waals surface area contributed by atoms with Crippen LogP contribution in [-0.2, 0) is 6.61 Å². The molecule has 21 heavy (non-hydrogen) atoms. The molecule has 0 saturated heterocycles. The monoisotopic (exact) mass is 347 g/mol. The van der Waals surface area contributed by atoms with Crippen LogP contribution in [0.2, 0.25) is 0 Å². The van der Waals surface area contributed by atoms with E-state index < -0.39 is 0 Å². The van der Waals surface area contributed by atoms with Crippen molar-refractivity contribution in [3.63, 3.8) is 0 Å². The number of rotatable bonds is 7. The Bertz CT molecular complexity index is 556. The molecule has 3 heteroatoms. The average molecular weight is 348 g/mol. The Balaban J connectivity index is 2.11. The third-order valence-electron chi connectivity index (χ3n) is 3.38. The summed E-state index contributed by atoms with van der Waals surface area (Å²) in [6.45, 7) is 5.95. The van der Waals surface area contributed by atoms with E-state index in [1.165, 1.54) is 11.1 Å². The summed E-state index contributed by atoms with van der Waals surface area (Å²) < 4.78 is 7.07. The first kappa shape index (κ1) is 16.1. The average Bonchev–Trinajstić information content (AvgIpc) is 2.51. The van der Waals surface area contributed by atoms with Gasteiger partial charge in [0.05, 0.1) is 0 Å². The summed E-state index contributed by atoms with van der Waals surface area (Å²) in [7, 11) is 0. The van der Waals surface area contributed by atoms with E-state index in [1.54, 1.807) is 0 Å². The maximum atomic E-state index is 6.04. The van der Waals surface area contributed by atoms with Gasteiger partial charge in [-0.3, -0.25) is 0 Å². The lowest BCUT2D eigenvalue weighted by Gasteiger charge is -2.18. The predicted molar refractivity (Wildman–Crippen MR) is 91.6 cm³/mol. The summed E-state index contributed by atoms with van der Waals surface area (Å²) in [5.41, 5.74) is 2.38. The topological polar surface area (TPSA) is 21.3 Å². The van der Waals surface area contributed by atoms with Crippen LogP contribution < -0.4 is 10.1 Å². The molecule has 0 radical (unpaired) electrons. The predicted octanol–water partition coefficient (Wildman–Crippen LogP) is 5.09. The Hall–Kier alpha value is -1.32. The van der Waals surface area contributed by atoms with Gasteiger partial charge in [-0.05, 0) is 37.6 Å². The van der Waals surface area contributed by atoms with E-state index in [0.717, 1.165) is 23.2 Å². The summed E-state index contributed by atoms with van der Waals surface area (Å²) in [5.74, 6) is 0.935. The molecule has 112 valence electrons. The first-order valence-corrected chi connectivity index (χ1v) is 8.19. The highest BCUT2D eigenvalue weighted by molar-refractivity contribution is 9.10. The second-order valence-corrected chi connectivity index (χ2v) is 6.05. The first-order chi connectivity index (χ1) is 10.2. The summed E-state index contributed by atoms with van der Waals surface area (Å²) in [6, 6.07) is 16.8. The summed E-state index contributed by atoms with van der Waals surface area (Å²) in [4.78, 5) is 0. The van der Waals surface area contributed by atoms with Gasteiger partial charge in [-0.25, -0.2) is 0 Å². The van der Waals surface area contributed by atoms with Gasteiger partial charge in [-0.2, -0.15) is 0 Å². The minimum Gasteiger partial charge on any atom is -0.489 e. The lowest BCUT2D eigenvalue weighted by molar-refractivity contribution is 0.299. The summed E-state index contributed by atoms with van der Waals surface area (Å²) in [6.07, 6.45) is 1.13. The van der Waals surface area contributed by atoms with Crippen molar-refractivity contribution in [3.05, 3.63) is 64.1 Å². The Labute approximate surface area is 135 Å². The van der Waals surface area contributed by atoms with E-state index in [2.05, 4.69) is 59.4 Å². The molecular formula is C18H22BrNO. The van der Waals surface area contributed by atoms with Gasteiger partial charge in [0.1, 0.15) is 12.4 Å². The molecule has 0 heterocycles. The number of hydrogen-bond acceptors (Lipinski definition) is 2. The molecule has 0 spiro atoms. The fraction of sp³-hybridized carbons (Fsp3) is 0.333. The number of hydrogen-bond donors (Lipinski definition) is 1. The lowest BCUT2D eigenvalue weighted by Crippen LogP contribution is -2.20. The number of nitrogens with one attached hydrogen (secondary N) is 1. The van der Waals surface area contributed by atoms with Gasteiger partial charge < -0.3 is 10.1 Å². The quantitative estimate of drug-likeness (QED) is 0.753. The highest BCUT2D eigenvalue weighted by Crippen LogP contribution is 2.29. The molecule has 0 aliphatic carbocycles. The Kier molecular flexibility index (Phi) is 6.27. The zero-order valence-corrected chi connectivity index (χ0v) is 14.2. The molecule has 1 N–H and O–H groups in total. The van der Waals surface area contributed by atoms with E-state index in [-0.39, 0.29) is 6.04 Å². The zero-order valence-electron chi connectivity index (χ0n) is 12.6. The maximum Gasteiger partial charge on any atom is 0.125 e. The molecule has 0 aliphatic heterocycles. The smallest absolute Gasteiger partial charge is 0.125 e. The van der Waals surface area contributed by atoms with Crippen molar-refractivity contribution in [2.45, 2.75) is 32.9 Å². The lowest BCUT2D eigenvalue weighted by atomic mass is 10.1. The van der Waals surface area contributed by atoms with Crippen LogP contribution in [0.4, 0.5) is 0 Å². The Morgan fingerprint density at radius 1 is 1.14 bits per heavy atom. The molecule has 2 rings (SSSR count). The molecule has 2 aromatic rings. The van der Waals surface area contributed by atoms with Crippen LogP contribution >= 0.6 is 15.9 Å². The van der Waals surface area contributed by atoms with Gasteiger partial charge in [-0.15, -0.1) is 0 Å². The van der Waals surface area contributed by atoms with E-state index in [9.17, 15) is 0 Å². The first-order valence-electron chi connectivity index (χ1n) is 7.40. The fourth-order valence-corrected chi connectivity index (χ4v) is 2.54. The third-order valence-corrected chi connectivity index (χ3v) is 3.87. The molecule has 2 nitrogen and oxygen atoms in total. The van der Waals surface area contributed by atoms with Crippen LogP contribution in [0.15, 0.2) is 53.0 Å². The third kappa shape index (κ3) is 4.87. The fourth-order valence-electron chi connectivity index (χ4n) is 2.20. The molecule has 0 fully saturated rings. The molecule has 0 bridgehead atoms. The van der Waals surface area contributed by atoms with Gasteiger partial charge >= 0.3 is 0 Å². The molecule has 0 amide bonds. The van der Waals surface area contributed by atoms with Crippen molar-refractivity contribution in [3.8, 4) is 5.75 Å². The van der Waals surface area contributed by atoms with Gasteiger partial charge in [0.25, 0.3) is 0 Å². The zero-order chi connectivity index (χ0) is 15.1. The minimum absolute atomic E-state index is 0.281. The summed E-state index contributed by atoms with van der Waals surface area (Å²) >= 11 is 3.52. The molecule has 0 aliphatic rings. The Morgan fingerprint density at radius 2 is 1.90 bits per heavy atom. The van der Waals surface area contributed by atoms with Crippen molar-refractivity contribution in [1.29, 1.82) is 0 Å². The highest BCUT2D eigenvalue weighted by atomic mass is 79.9. The van der Waals surface area contributed by atoms with Gasteiger partial charge in [0.15, 0.2) is 0 Å². The molecule has 1 unspecified atom stereocenters.